The fraction of sp³-hybridized carbons (Fsp3) is 0.591. The lowest BCUT2D eigenvalue weighted by Gasteiger charge is -2.30. The highest BCUT2D eigenvalue weighted by atomic mass is 15.5. The number of amidine groups is 1. The Morgan fingerprint density at radius 2 is 2.04 bits per heavy atom. The van der Waals surface area contributed by atoms with Crippen molar-refractivity contribution in [3.63, 3.8) is 0 Å². The van der Waals surface area contributed by atoms with Crippen molar-refractivity contribution in [1.29, 1.82) is 0 Å². The van der Waals surface area contributed by atoms with Gasteiger partial charge in [0.15, 0.2) is 5.84 Å². The average Bonchev–Trinajstić information content (AvgIpc) is 3.20. The summed E-state index contributed by atoms with van der Waals surface area (Å²) in [6, 6.07) is 0. The molecule has 4 nitrogen and oxygen atoms in total. The van der Waals surface area contributed by atoms with Gasteiger partial charge in [-0.1, -0.05) is 25.7 Å². The Kier molecular flexibility index (Phi) is 5.05. The van der Waals surface area contributed by atoms with Gasteiger partial charge in [0.2, 0.25) is 0 Å². The van der Waals surface area contributed by atoms with E-state index in [0.717, 1.165) is 28.7 Å². The molecular weight excluding hydrogens is 320 g/mol. The lowest BCUT2D eigenvalue weighted by molar-refractivity contribution is 0.252. The molecule has 1 saturated carbocycles. The van der Waals surface area contributed by atoms with Crippen LogP contribution in [0.1, 0.15) is 54.4 Å². The van der Waals surface area contributed by atoms with Crippen LogP contribution < -0.4 is 0 Å². The highest BCUT2D eigenvalue weighted by Crippen LogP contribution is 2.52. The summed E-state index contributed by atoms with van der Waals surface area (Å²) in [6.45, 7) is 16.7. The van der Waals surface area contributed by atoms with Crippen LogP contribution in [-0.4, -0.2) is 28.3 Å². The van der Waals surface area contributed by atoms with Crippen LogP contribution in [0.5, 0.6) is 0 Å². The maximum absolute atomic E-state index is 5.10. The molecule has 0 aromatic rings. The van der Waals surface area contributed by atoms with Crippen molar-refractivity contribution in [3.05, 3.63) is 36.2 Å². The number of fused-ring (bicyclic) bond motifs is 1. The summed E-state index contributed by atoms with van der Waals surface area (Å²) in [4.78, 5) is 9.20. The van der Waals surface area contributed by atoms with Gasteiger partial charge in [0.05, 0.1) is 16.8 Å². The first-order valence-electron chi connectivity index (χ1n) is 9.74. The van der Waals surface area contributed by atoms with E-state index in [-0.39, 0.29) is 5.54 Å². The van der Waals surface area contributed by atoms with E-state index >= 15 is 0 Å². The van der Waals surface area contributed by atoms with Crippen molar-refractivity contribution in [2.45, 2.75) is 59.9 Å². The van der Waals surface area contributed by atoms with Crippen LogP contribution in [0, 0.1) is 23.7 Å². The third-order valence-corrected chi connectivity index (χ3v) is 5.50. The van der Waals surface area contributed by atoms with Gasteiger partial charge in [-0.3, -0.25) is 4.99 Å². The average molecular weight is 353 g/mol. The van der Waals surface area contributed by atoms with E-state index in [2.05, 4.69) is 63.3 Å². The molecule has 0 aromatic heterocycles. The molecule has 1 fully saturated rings. The van der Waals surface area contributed by atoms with Crippen molar-refractivity contribution in [3.8, 4) is 0 Å². The van der Waals surface area contributed by atoms with Gasteiger partial charge in [-0.05, 0) is 65.2 Å². The molecule has 0 radical (unpaired) electrons. The summed E-state index contributed by atoms with van der Waals surface area (Å²) in [5.74, 6) is 3.40. The van der Waals surface area contributed by atoms with E-state index in [1.807, 2.05) is 18.1 Å². The second-order valence-electron chi connectivity index (χ2n) is 8.73. The minimum absolute atomic E-state index is 0.157. The van der Waals surface area contributed by atoms with Crippen LogP contribution in [-0.2, 0) is 0 Å². The maximum atomic E-state index is 5.10. The second-order valence-corrected chi connectivity index (χ2v) is 8.73. The zero-order valence-electron chi connectivity index (χ0n) is 17.0. The minimum Gasteiger partial charge on any atom is -0.265 e. The Morgan fingerprint density at radius 1 is 1.31 bits per heavy atom. The molecular formula is C22H32N4. The van der Waals surface area contributed by atoms with E-state index in [1.54, 1.807) is 6.20 Å². The van der Waals surface area contributed by atoms with Gasteiger partial charge in [0, 0.05) is 24.0 Å². The van der Waals surface area contributed by atoms with Crippen molar-refractivity contribution in [2.24, 2.45) is 38.8 Å². The zero-order chi connectivity index (χ0) is 19.1. The number of hydrogen-bond acceptors (Lipinski definition) is 3. The molecule has 4 atom stereocenters. The van der Waals surface area contributed by atoms with E-state index in [1.165, 1.54) is 12.8 Å². The topological polar surface area (TPSA) is 40.3 Å². The lowest BCUT2D eigenvalue weighted by Crippen LogP contribution is -2.39. The Balaban J connectivity index is 2.14. The Bertz CT molecular complexity index is 730. The molecule has 140 valence electrons. The Morgan fingerprint density at radius 3 is 2.65 bits per heavy atom. The quantitative estimate of drug-likeness (QED) is 0.507. The third kappa shape index (κ3) is 3.46. The molecule has 0 aromatic carbocycles. The van der Waals surface area contributed by atoms with Gasteiger partial charge in [0.25, 0.3) is 0 Å². The molecule has 1 heterocycles. The standard InChI is InChI=1S/C22H32N4/c1-8-23-15(4)19-20(17-11-10-14(3)12-16-13-18(16)17)25-26(22(5,6)7)21(19)24-9-2/h8-11,14,16-18H,2,12-13H2,1,3-7H3/b19-15+,23-8?,24-21?. The largest absolute Gasteiger partial charge is 0.265 e. The third-order valence-electron chi connectivity index (χ3n) is 5.50. The van der Waals surface area contributed by atoms with Gasteiger partial charge in [-0.2, -0.15) is 5.10 Å². The predicted octanol–water partition coefficient (Wildman–Crippen LogP) is 5.21. The fourth-order valence-corrected chi connectivity index (χ4v) is 4.22. The number of allylic oxidation sites excluding steroid dienone is 3. The highest BCUT2D eigenvalue weighted by Gasteiger charge is 2.49. The number of rotatable bonds is 3. The van der Waals surface area contributed by atoms with Crippen LogP contribution in [0.25, 0.3) is 0 Å². The molecule has 0 spiro atoms. The summed E-state index contributed by atoms with van der Waals surface area (Å²) in [5, 5.41) is 7.15. The van der Waals surface area contributed by atoms with Crippen LogP contribution in [0.3, 0.4) is 0 Å². The van der Waals surface area contributed by atoms with Crippen molar-refractivity contribution in [2.75, 3.05) is 0 Å². The normalized spacial score (nSPS) is 34.8. The van der Waals surface area contributed by atoms with Crippen LogP contribution >= 0.6 is 0 Å². The van der Waals surface area contributed by atoms with E-state index < -0.39 is 0 Å². The van der Waals surface area contributed by atoms with E-state index in [9.17, 15) is 0 Å². The fourth-order valence-electron chi connectivity index (χ4n) is 4.22. The van der Waals surface area contributed by atoms with Crippen LogP contribution in [0.15, 0.2) is 51.3 Å². The summed E-state index contributed by atoms with van der Waals surface area (Å²) >= 11 is 0. The molecule has 3 aliphatic rings. The van der Waals surface area contributed by atoms with Crippen molar-refractivity contribution >= 4 is 17.8 Å². The minimum atomic E-state index is -0.157. The number of hydrogen-bond donors (Lipinski definition) is 0. The summed E-state index contributed by atoms with van der Waals surface area (Å²) in [6.07, 6.45) is 10.8. The first kappa shape index (κ1) is 18.8. The molecule has 0 saturated heterocycles. The van der Waals surface area contributed by atoms with Crippen LogP contribution in [0.2, 0.25) is 0 Å². The smallest absolute Gasteiger partial charge is 0.160 e. The predicted molar refractivity (Wildman–Crippen MR) is 112 cm³/mol. The van der Waals surface area contributed by atoms with Crippen molar-refractivity contribution in [1.82, 2.24) is 5.01 Å². The summed E-state index contributed by atoms with van der Waals surface area (Å²) in [7, 11) is 0. The summed E-state index contributed by atoms with van der Waals surface area (Å²) < 4.78 is 0. The number of aliphatic imine (C=N–C) groups is 2. The van der Waals surface area contributed by atoms with E-state index in [0.29, 0.717) is 17.8 Å². The van der Waals surface area contributed by atoms with Crippen molar-refractivity contribution < 1.29 is 0 Å². The first-order valence-corrected chi connectivity index (χ1v) is 9.74. The maximum Gasteiger partial charge on any atom is 0.160 e. The Hall–Kier alpha value is -1.97. The molecule has 0 N–H and O–H groups in total. The van der Waals surface area contributed by atoms with Gasteiger partial charge < -0.3 is 0 Å². The molecule has 3 rings (SSSR count). The number of nitrogens with zero attached hydrogens (tertiary/aromatic N) is 4. The molecule has 0 bridgehead atoms. The second kappa shape index (κ2) is 6.98. The Labute approximate surface area is 158 Å². The molecule has 1 aliphatic heterocycles. The first-order chi connectivity index (χ1) is 12.3. The molecule has 26 heavy (non-hydrogen) atoms. The molecule has 2 aliphatic carbocycles. The molecule has 4 heteroatoms. The van der Waals surface area contributed by atoms with E-state index in [4.69, 9.17) is 5.10 Å². The number of hydrazone groups is 1. The summed E-state index contributed by atoms with van der Waals surface area (Å²) in [5.41, 5.74) is 3.02. The highest BCUT2D eigenvalue weighted by molar-refractivity contribution is 6.28. The monoisotopic (exact) mass is 352 g/mol. The van der Waals surface area contributed by atoms with Gasteiger partial charge in [-0.25, -0.2) is 10.0 Å². The molecule has 4 unspecified atom stereocenters. The SMILES string of the molecule is C=CN=C1/C(=C(\C)N=CC)C(C2C=CC(C)CC3CC32)=NN1C(C)(C)C. The van der Waals surface area contributed by atoms with Gasteiger partial charge in [-0.15, -0.1) is 0 Å². The zero-order valence-corrected chi connectivity index (χ0v) is 17.0. The van der Waals surface area contributed by atoms with Gasteiger partial charge >= 0.3 is 0 Å². The molecule has 0 amide bonds. The lowest BCUT2D eigenvalue weighted by atomic mass is 9.90. The van der Waals surface area contributed by atoms with Crippen LogP contribution in [0.4, 0.5) is 0 Å². The van der Waals surface area contributed by atoms with Gasteiger partial charge in [0.1, 0.15) is 0 Å².